The molecule has 1 unspecified atom stereocenters. The van der Waals surface area contributed by atoms with Crippen LogP contribution in [0.3, 0.4) is 0 Å². The number of benzene rings is 2. The molecule has 18 nitrogen and oxygen atoms in total. The maximum atomic E-state index is 11.4. The number of carbonyl (C=O) groups excluding carboxylic acids is 7. The van der Waals surface area contributed by atoms with E-state index in [2.05, 4.69) is 82.4 Å². The SMILES string of the molecule is C=C1CC[C@H](OC(C)=O)C/C1=C/C=C1\CCC[C@]2(C)[C@@H]([C@H](C)/C=C/[C@H](C)C(C)C)CC[C@@H]12.CC(=O)OC(C)=O.CC(=O)OC(C)c1ccccc1.CC(=O)OC1(C)CCCCC1.CC(=O)OCCCc1ccccc1.CC(=O)O[C@@H]1[C@H]2OC(C)(C)O[C@H]2O[C@@H]1[C@H]1COC(C)(C)O1.ClCCl. The Morgan fingerprint density at radius 1 is 0.636 bits per heavy atom. The number of halogens is 2. The molecule has 0 amide bonds. The van der Waals surface area contributed by atoms with Crippen molar-refractivity contribution in [2.75, 3.05) is 18.6 Å². The van der Waals surface area contributed by atoms with Gasteiger partial charge in [0.1, 0.15) is 30.0 Å². The van der Waals surface area contributed by atoms with Crippen LogP contribution in [-0.4, -0.2) is 114 Å². The number of aryl methyl sites for hydroxylation is 1. The van der Waals surface area contributed by atoms with Crippen LogP contribution in [0.15, 0.2) is 108 Å². The van der Waals surface area contributed by atoms with Gasteiger partial charge >= 0.3 is 41.8 Å². The first kappa shape index (κ1) is 87.5. The summed E-state index contributed by atoms with van der Waals surface area (Å²) >= 11 is 9.53. The molecule has 0 N–H and O–H groups in total. The summed E-state index contributed by atoms with van der Waals surface area (Å²) in [5.74, 6) is -0.228. The highest BCUT2D eigenvalue weighted by atomic mass is 35.5. The van der Waals surface area contributed by atoms with Crippen molar-refractivity contribution < 1.29 is 85.7 Å². The first-order valence-electron chi connectivity index (χ1n) is 35.3. The topological polar surface area (TPSA) is 221 Å². The Labute approximate surface area is 601 Å². The van der Waals surface area contributed by atoms with Crippen LogP contribution in [0.1, 0.15) is 232 Å². The van der Waals surface area contributed by atoms with Crippen molar-refractivity contribution in [2.24, 2.45) is 35.0 Å². The molecular weight excluding hydrogens is 1310 g/mol. The van der Waals surface area contributed by atoms with Crippen molar-refractivity contribution in [3.8, 4) is 0 Å². The Hall–Kier alpha value is -5.73. The fraction of sp³-hybridized carbons (Fsp3) is 0.658. The van der Waals surface area contributed by atoms with Crippen LogP contribution in [0, 0.1) is 35.0 Å². The molecule has 7 fully saturated rings. The van der Waals surface area contributed by atoms with Gasteiger partial charge in [0, 0.05) is 54.9 Å². The summed E-state index contributed by atoms with van der Waals surface area (Å²) in [6, 6.07) is 19.8. The molecular formula is C79H118Cl2O18. The van der Waals surface area contributed by atoms with Gasteiger partial charge in [-0.2, -0.15) is 0 Å². The molecule has 2 aromatic carbocycles. The van der Waals surface area contributed by atoms with Crippen LogP contribution in [0.4, 0.5) is 0 Å². The summed E-state index contributed by atoms with van der Waals surface area (Å²) < 4.78 is 58.7. The highest BCUT2D eigenvalue weighted by Gasteiger charge is 2.60. The van der Waals surface area contributed by atoms with E-state index in [-0.39, 0.29) is 59.1 Å². The fourth-order valence-electron chi connectivity index (χ4n) is 13.7. The summed E-state index contributed by atoms with van der Waals surface area (Å²) in [4.78, 5) is 74.1. The van der Waals surface area contributed by atoms with Crippen molar-refractivity contribution in [1.29, 1.82) is 0 Å². The van der Waals surface area contributed by atoms with Crippen molar-refractivity contribution in [3.63, 3.8) is 0 Å². The zero-order valence-electron chi connectivity index (χ0n) is 62.6. The van der Waals surface area contributed by atoms with Crippen molar-refractivity contribution in [2.45, 2.75) is 281 Å². The zero-order chi connectivity index (χ0) is 74.3. The summed E-state index contributed by atoms with van der Waals surface area (Å²) in [6.45, 7) is 37.9. The van der Waals surface area contributed by atoms with Gasteiger partial charge in [0.2, 0.25) is 0 Å². The van der Waals surface area contributed by atoms with E-state index >= 15 is 0 Å². The summed E-state index contributed by atoms with van der Waals surface area (Å²) in [6.07, 6.45) is 24.0. The number of carbonyl (C=O) groups is 7. The second-order valence-electron chi connectivity index (χ2n) is 28.3. The predicted octanol–water partition coefficient (Wildman–Crippen LogP) is 17.4. The number of rotatable bonds is 15. The number of esters is 7. The molecule has 4 aliphatic carbocycles. The van der Waals surface area contributed by atoms with Crippen LogP contribution >= 0.6 is 23.2 Å². The van der Waals surface area contributed by atoms with Crippen LogP contribution < -0.4 is 0 Å². The first-order valence-corrected chi connectivity index (χ1v) is 36.3. The molecule has 20 heteroatoms. The Morgan fingerprint density at radius 3 is 1.77 bits per heavy atom. The first-order chi connectivity index (χ1) is 46.4. The van der Waals surface area contributed by atoms with Crippen molar-refractivity contribution in [3.05, 3.63) is 119 Å². The molecule has 0 aromatic heterocycles. The quantitative estimate of drug-likeness (QED) is 0.0404. The highest BCUT2D eigenvalue weighted by molar-refractivity contribution is 6.40. The number of alkyl halides is 2. The minimum absolute atomic E-state index is 0.0102. The Balaban J connectivity index is 0.000000329. The second-order valence-corrected chi connectivity index (χ2v) is 29.2. The second kappa shape index (κ2) is 43.3. The monoisotopic (exact) mass is 1420 g/mol. The molecule has 3 heterocycles. The Morgan fingerprint density at radius 2 is 1.24 bits per heavy atom. The molecule has 0 bridgehead atoms. The molecule has 0 radical (unpaired) electrons. The smallest absolute Gasteiger partial charge is 0.310 e. The normalized spacial score (nSPS) is 26.7. The van der Waals surface area contributed by atoms with Crippen LogP contribution in [0.25, 0.3) is 0 Å². The maximum Gasteiger partial charge on any atom is 0.310 e. The lowest BCUT2D eigenvalue weighted by Gasteiger charge is -2.44. The van der Waals surface area contributed by atoms with E-state index in [9.17, 15) is 33.6 Å². The number of hydrogen-bond acceptors (Lipinski definition) is 18. The largest absolute Gasteiger partial charge is 0.466 e. The summed E-state index contributed by atoms with van der Waals surface area (Å²) in [7, 11) is 0. The minimum atomic E-state index is -0.759. The number of ether oxygens (including phenoxy) is 11. The summed E-state index contributed by atoms with van der Waals surface area (Å²) in [5, 5.41) is 0.194. The van der Waals surface area contributed by atoms with Gasteiger partial charge < -0.3 is 52.1 Å². The molecule has 2 aromatic rings. The molecule has 12 atom stereocenters. The van der Waals surface area contributed by atoms with Gasteiger partial charge in [-0.3, -0.25) is 33.6 Å². The average molecular weight is 1430 g/mol. The van der Waals surface area contributed by atoms with Gasteiger partial charge in [-0.25, -0.2) is 0 Å². The van der Waals surface area contributed by atoms with Gasteiger partial charge in [-0.05, 0) is 177 Å². The van der Waals surface area contributed by atoms with Gasteiger partial charge in [0.25, 0.3) is 0 Å². The molecule has 3 aliphatic heterocycles. The van der Waals surface area contributed by atoms with E-state index in [1.165, 1.54) is 117 Å². The molecule has 4 saturated carbocycles. The molecule has 3 saturated heterocycles. The van der Waals surface area contributed by atoms with E-state index in [4.69, 9.17) is 70.6 Å². The molecule has 0 spiro atoms. The summed E-state index contributed by atoms with van der Waals surface area (Å²) in [5.41, 5.74) is 6.70. The van der Waals surface area contributed by atoms with E-state index in [0.717, 1.165) is 56.4 Å². The third-order valence-electron chi connectivity index (χ3n) is 18.6. The standard InChI is InChI=1S/C30H46O2.C14H22O7.C11H14O2.C10H12O2.C9H16O2.C4H6O3.CH2Cl2/c1-20(2)21(3)10-11-23(5)28-16-17-29-25(9-8-18-30(28,29)7)13-14-26-19-27(32-24(6)31)15-12-22(26)4;1-7(15)17-10-9(8-6-16-13(2,3)19-8)18-12-11(10)20-14(4,5)21-12;1-10(12)13-9-5-8-11-6-3-2-4-7-11;1-8(12-9(2)11)10-6-4-3-5-7-10;1-8(10)11-9(2)6-4-3-5-7-9;1-3(5)7-4(2)6;2-1-3/h10-11,13-14,20-21,23,27-29H,4,8-9,12,15-19H2,1-3,5-7H3;8-12H,6H2,1-5H3;2-4,6-7H,5,8-9H2,1H3;3-8H,1-2H3;3-7H2,1-2H3;1-2H3;1H2/b11-10+,25-13+,26-14-;;;;;;/t21-,23+,27-,28+,29-,30+;8-,9-,10+,11-,12-;;;;;/m01...../s1. The van der Waals surface area contributed by atoms with Crippen LogP contribution in [0.2, 0.25) is 0 Å². The molecule has 9 rings (SSSR count). The Bertz CT molecular complexity index is 2920. The van der Waals surface area contributed by atoms with Crippen LogP contribution in [0.5, 0.6) is 0 Å². The van der Waals surface area contributed by atoms with Gasteiger partial charge in [0.05, 0.1) is 18.6 Å². The van der Waals surface area contributed by atoms with Crippen LogP contribution in [-0.2, 0) is 92.1 Å². The third-order valence-corrected chi connectivity index (χ3v) is 18.6. The Kier molecular flexibility index (Phi) is 38.2. The van der Waals surface area contributed by atoms with E-state index < -0.39 is 48.1 Å². The van der Waals surface area contributed by atoms with Gasteiger partial charge in [-0.15, -0.1) is 23.2 Å². The fourth-order valence-corrected chi connectivity index (χ4v) is 13.7. The molecule has 99 heavy (non-hydrogen) atoms. The molecule has 556 valence electrons. The zero-order valence-corrected chi connectivity index (χ0v) is 64.1. The molecule has 7 aliphatic rings. The lowest BCUT2D eigenvalue weighted by Crippen LogP contribution is -2.44. The minimum Gasteiger partial charge on any atom is -0.466 e. The van der Waals surface area contributed by atoms with Gasteiger partial charge in [0.15, 0.2) is 30.1 Å². The van der Waals surface area contributed by atoms with E-state index in [1.807, 2.05) is 76.2 Å². The van der Waals surface area contributed by atoms with Crippen molar-refractivity contribution >= 4 is 65.0 Å². The third kappa shape index (κ3) is 32.4. The predicted molar refractivity (Wildman–Crippen MR) is 385 cm³/mol. The number of allylic oxidation sites excluding steroid dienone is 6. The highest BCUT2D eigenvalue weighted by Crippen LogP contribution is 2.59. The number of hydrogen-bond donors (Lipinski definition) is 0. The lowest BCUT2D eigenvalue weighted by atomic mass is 9.61. The number of fused-ring (bicyclic) bond motifs is 2. The van der Waals surface area contributed by atoms with E-state index in [0.29, 0.717) is 42.3 Å². The van der Waals surface area contributed by atoms with E-state index in [1.54, 1.807) is 19.4 Å². The lowest BCUT2D eigenvalue weighted by molar-refractivity contribution is -0.235. The van der Waals surface area contributed by atoms with Crippen molar-refractivity contribution in [1.82, 2.24) is 0 Å². The maximum absolute atomic E-state index is 11.4. The van der Waals surface area contributed by atoms with Gasteiger partial charge in [-0.1, -0.05) is 144 Å². The average Bonchev–Trinajstić information content (AvgIpc) is 1.63.